The number of benzene rings is 2. The zero-order valence-electron chi connectivity index (χ0n) is 12.9. The van der Waals surface area contributed by atoms with Gasteiger partial charge in [-0.15, -0.1) is 0 Å². The molecule has 0 spiro atoms. The normalized spacial score (nSPS) is 11.8. The molecule has 0 atom stereocenters. The lowest BCUT2D eigenvalue weighted by Crippen LogP contribution is -2.36. The molecular weight excluding hydrogens is 394 g/mol. The van der Waals surface area contributed by atoms with E-state index >= 15 is 0 Å². The number of nitrogens with one attached hydrogen (secondary N) is 1. The van der Waals surface area contributed by atoms with E-state index in [9.17, 15) is 13.2 Å². The summed E-state index contributed by atoms with van der Waals surface area (Å²) in [6.07, 6.45) is 1.48. The van der Waals surface area contributed by atoms with E-state index in [1.807, 2.05) is 24.3 Å². The van der Waals surface area contributed by atoms with Crippen LogP contribution in [0, 0.1) is 0 Å². The number of hydrogen-bond acceptors (Lipinski definition) is 4. The van der Waals surface area contributed by atoms with Gasteiger partial charge in [0.2, 0.25) is 10.0 Å². The van der Waals surface area contributed by atoms with Crippen LogP contribution in [0.5, 0.6) is 0 Å². The first kappa shape index (κ1) is 18.3. The Balaban J connectivity index is 1.94. The molecule has 0 aliphatic rings. The van der Waals surface area contributed by atoms with Crippen LogP contribution in [-0.2, 0) is 14.8 Å². The summed E-state index contributed by atoms with van der Waals surface area (Å²) in [5.41, 5.74) is 3.12. The van der Waals surface area contributed by atoms with Gasteiger partial charge >= 0.3 is 0 Å². The van der Waals surface area contributed by atoms with Crippen LogP contribution in [0.3, 0.4) is 0 Å². The Morgan fingerprint density at radius 2 is 1.92 bits per heavy atom. The van der Waals surface area contributed by atoms with E-state index < -0.39 is 15.9 Å². The molecule has 8 heteroatoms. The highest BCUT2D eigenvalue weighted by molar-refractivity contribution is 9.10. The highest BCUT2D eigenvalue weighted by Gasteiger charge is 2.22. The van der Waals surface area contributed by atoms with Crippen molar-refractivity contribution in [2.24, 2.45) is 5.10 Å². The zero-order valence-corrected chi connectivity index (χ0v) is 15.3. The number of sulfonamides is 1. The number of likely N-dealkylation sites (N-methyl/N-ethyl adjacent to an activating group) is 1. The molecule has 24 heavy (non-hydrogen) atoms. The van der Waals surface area contributed by atoms with Gasteiger partial charge < -0.3 is 0 Å². The van der Waals surface area contributed by atoms with Gasteiger partial charge in [-0.05, 0) is 29.8 Å². The van der Waals surface area contributed by atoms with Gasteiger partial charge in [0.15, 0.2) is 0 Å². The zero-order chi connectivity index (χ0) is 17.6. The predicted molar refractivity (Wildman–Crippen MR) is 96.1 cm³/mol. The van der Waals surface area contributed by atoms with Crippen molar-refractivity contribution in [3.8, 4) is 0 Å². The van der Waals surface area contributed by atoms with Crippen LogP contribution in [0.1, 0.15) is 5.56 Å². The summed E-state index contributed by atoms with van der Waals surface area (Å²) in [4.78, 5) is 12.0. The number of amides is 1. The Kier molecular flexibility index (Phi) is 6.24. The van der Waals surface area contributed by atoms with Gasteiger partial charge in [-0.1, -0.05) is 46.3 Å². The number of halogens is 1. The molecule has 0 unspecified atom stereocenters. The second-order valence-electron chi connectivity index (χ2n) is 4.92. The molecular formula is C16H16BrN3O3S. The molecule has 0 fully saturated rings. The molecule has 0 bridgehead atoms. The lowest BCUT2D eigenvalue weighted by Gasteiger charge is -2.15. The monoisotopic (exact) mass is 409 g/mol. The Bertz CT molecular complexity index is 839. The van der Waals surface area contributed by atoms with E-state index in [2.05, 4.69) is 26.5 Å². The van der Waals surface area contributed by atoms with Crippen LogP contribution in [0.2, 0.25) is 0 Å². The van der Waals surface area contributed by atoms with Crippen molar-refractivity contribution in [1.29, 1.82) is 0 Å². The average Bonchev–Trinajstić information content (AvgIpc) is 2.55. The Labute approximate surface area is 149 Å². The average molecular weight is 410 g/mol. The Hall–Kier alpha value is -2.03. The van der Waals surface area contributed by atoms with Crippen molar-refractivity contribution >= 4 is 38.1 Å². The van der Waals surface area contributed by atoms with Gasteiger partial charge in [-0.25, -0.2) is 13.8 Å². The number of carbonyl (C=O) groups is 1. The number of nitrogens with zero attached hydrogens (tertiary/aromatic N) is 2. The molecule has 1 amide bonds. The summed E-state index contributed by atoms with van der Waals surface area (Å²) in [5, 5.41) is 3.82. The van der Waals surface area contributed by atoms with E-state index in [0.717, 1.165) is 14.3 Å². The topological polar surface area (TPSA) is 78.8 Å². The van der Waals surface area contributed by atoms with Gasteiger partial charge in [0, 0.05) is 11.5 Å². The summed E-state index contributed by atoms with van der Waals surface area (Å²) >= 11 is 3.34. The summed E-state index contributed by atoms with van der Waals surface area (Å²) in [6, 6.07) is 15.3. The molecule has 1 N–H and O–H groups in total. The molecule has 0 radical (unpaired) electrons. The number of hydrazone groups is 1. The van der Waals surface area contributed by atoms with Gasteiger partial charge in [0.25, 0.3) is 5.91 Å². The lowest BCUT2D eigenvalue weighted by atomic mass is 10.2. The maximum absolute atomic E-state index is 12.3. The molecule has 0 saturated carbocycles. The van der Waals surface area contributed by atoms with Crippen LogP contribution in [0.4, 0.5) is 0 Å². The van der Waals surface area contributed by atoms with E-state index in [-0.39, 0.29) is 11.4 Å². The Morgan fingerprint density at radius 1 is 1.21 bits per heavy atom. The molecule has 2 rings (SSSR count). The van der Waals surface area contributed by atoms with Crippen molar-refractivity contribution in [3.05, 3.63) is 64.6 Å². The van der Waals surface area contributed by atoms with Gasteiger partial charge in [0.1, 0.15) is 0 Å². The van der Waals surface area contributed by atoms with E-state index in [1.165, 1.54) is 25.4 Å². The standard InChI is InChI=1S/C16H16BrN3O3S/c1-20(24(22,23)15-8-3-2-4-9-15)12-16(21)19-18-11-13-6-5-7-14(17)10-13/h2-11H,12H2,1H3,(H,19,21)/b18-11-. The van der Waals surface area contributed by atoms with Crippen LogP contribution >= 0.6 is 15.9 Å². The molecule has 126 valence electrons. The van der Waals surface area contributed by atoms with Crippen LogP contribution in [-0.4, -0.2) is 38.4 Å². The third-order valence-corrected chi connectivity index (χ3v) is 5.38. The fraction of sp³-hybridized carbons (Fsp3) is 0.125. The summed E-state index contributed by atoms with van der Waals surface area (Å²) in [7, 11) is -2.36. The highest BCUT2D eigenvalue weighted by Crippen LogP contribution is 2.13. The van der Waals surface area contributed by atoms with Crippen molar-refractivity contribution < 1.29 is 13.2 Å². The maximum Gasteiger partial charge on any atom is 0.255 e. The van der Waals surface area contributed by atoms with Crippen LogP contribution in [0.15, 0.2) is 69.1 Å². The fourth-order valence-corrected chi connectivity index (χ4v) is 3.43. The van der Waals surface area contributed by atoms with Crippen LogP contribution < -0.4 is 5.43 Å². The van der Waals surface area contributed by atoms with Gasteiger partial charge in [-0.2, -0.15) is 9.41 Å². The second kappa shape index (κ2) is 8.18. The third kappa shape index (κ3) is 4.98. The van der Waals surface area contributed by atoms with Crippen molar-refractivity contribution in [3.63, 3.8) is 0 Å². The lowest BCUT2D eigenvalue weighted by molar-refractivity contribution is -0.121. The SMILES string of the molecule is CN(CC(=O)N/N=C\c1cccc(Br)c1)S(=O)(=O)c1ccccc1. The fourth-order valence-electron chi connectivity index (χ4n) is 1.86. The molecule has 2 aromatic rings. The first-order chi connectivity index (χ1) is 11.4. The first-order valence-electron chi connectivity index (χ1n) is 6.98. The molecule has 0 heterocycles. The second-order valence-corrected chi connectivity index (χ2v) is 7.88. The van der Waals surface area contributed by atoms with E-state index in [4.69, 9.17) is 0 Å². The quantitative estimate of drug-likeness (QED) is 0.586. The molecule has 2 aromatic carbocycles. The van der Waals surface area contributed by atoms with E-state index in [1.54, 1.807) is 18.2 Å². The minimum Gasteiger partial charge on any atom is -0.272 e. The molecule has 0 aliphatic carbocycles. The molecule has 0 aliphatic heterocycles. The maximum atomic E-state index is 12.3. The predicted octanol–water partition coefficient (Wildman–Crippen LogP) is 2.22. The van der Waals surface area contributed by atoms with Crippen LogP contribution in [0.25, 0.3) is 0 Å². The summed E-state index contributed by atoms with van der Waals surface area (Å²) in [5.74, 6) is -0.525. The summed E-state index contributed by atoms with van der Waals surface area (Å²) < 4.78 is 26.5. The van der Waals surface area contributed by atoms with Crippen molar-refractivity contribution in [1.82, 2.24) is 9.73 Å². The Morgan fingerprint density at radius 3 is 2.58 bits per heavy atom. The van der Waals surface area contributed by atoms with Gasteiger partial charge in [-0.3, -0.25) is 4.79 Å². The van der Waals surface area contributed by atoms with E-state index in [0.29, 0.717) is 0 Å². The number of rotatable bonds is 6. The first-order valence-corrected chi connectivity index (χ1v) is 9.22. The minimum absolute atomic E-state index is 0.137. The smallest absolute Gasteiger partial charge is 0.255 e. The van der Waals surface area contributed by atoms with Crippen molar-refractivity contribution in [2.75, 3.05) is 13.6 Å². The third-order valence-electron chi connectivity index (χ3n) is 3.07. The molecule has 0 aromatic heterocycles. The molecule has 6 nitrogen and oxygen atoms in total. The molecule has 0 saturated heterocycles. The number of carbonyl (C=O) groups excluding carboxylic acids is 1. The highest BCUT2D eigenvalue weighted by atomic mass is 79.9. The van der Waals surface area contributed by atoms with Gasteiger partial charge in [0.05, 0.1) is 17.7 Å². The summed E-state index contributed by atoms with van der Waals surface area (Å²) in [6.45, 7) is -0.326. The number of hydrogen-bond donors (Lipinski definition) is 1. The largest absolute Gasteiger partial charge is 0.272 e. The van der Waals surface area contributed by atoms with Crippen molar-refractivity contribution in [2.45, 2.75) is 4.90 Å². The minimum atomic E-state index is -3.70.